The minimum Gasteiger partial charge on any atom is -0.508 e. The Morgan fingerprint density at radius 3 is 2.70 bits per heavy atom. The van der Waals surface area contributed by atoms with E-state index in [-0.39, 0.29) is 11.7 Å². The summed E-state index contributed by atoms with van der Waals surface area (Å²) < 4.78 is 5.34. The number of pyridine rings is 1. The largest absolute Gasteiger partial charge is 0.508 e. The Hall–Kier alpha value is -2.64. The molecule has 1 aromatic heterocycles. The Morgan fingerprint density at radius 1 is 1.15 bits per heavy atom. The molecular weight excluding hydrogens is 344 g/mol. The number of anilines is 1. The molecule has 27 heavy (non-hydrogen) atoms. The maximum atomic E-state index is 12.3. The van der Waals surface area contributed by atoms with Crippen molar-refractivity contribution in [3.8, 4) is 5.75 Å². The van der Waals surface area contributed by atoms with Crippen molar-refractivity contribution >= 4 is 11.7 Å². The maximum Gasteiger partial charge on any atom is 0.251 e. The van der Waals surface area contributed by atoms with Gasteiger partial charge in [-0.25, -0.2) is 4.98 Å². The van der Waals surface area contributed by atoms with E-state index in [0.29, 0.717) is 24.3 Å². The predicted octanol–water partition coefficient (Wildman–Crippen LogP) is 1.50. The molecule has 1 aliphatic rings. The summed E-state index contributed by atoms with van der Waals surface area (Å²) in [5.41, 5.74) is 1.65. The molecule has 0 aliphatic carbocycles. The number of hydrogen-bond donors (Lipinski definition) is 3. The molecule has 1 aliphatic heterocycles. The van der Waals surface area contributed by atoms with E-state index < -0.39 is 0 Å². The second kappa shape index (κ2) is 9.89. The molecule has 0 atom stereocenters. The van der Waals surface area contributed by atoms with Crippen molar-refractivity contribution in [2.75, 3.05) is 51.3 Å². The third kappa shape index (κ3) is 6.23. The van der Waals surface area contributed by atoms with Crippen LogP contribution in [0, 0.1) is 0 Å². The zero-order valence-corrected chi connectivity index (χ0v) is 15.4. The summed E-state index contributed by atoms with van der Waals surface area (Å²) in [7, 11) is 0. The lowest BCUT2D eigenvalue weighted by Gasteiger charge is -2.26. The zero-order valence-electron chi connectivity index (χ0n) is 15.4. The average molecular weight is 370 g/mol. The maximum absolute atomic E-state index is 12.3. The fourth-order valence-electron chi connectivity index (χ4n) is 2.92. The SMILES string of the molecule is O=C(NCCc1ccc(O)cc1)c1ccnc(NCCN2CCOCC2)c1. The number of nitrogens with zero attached hydrogens (tertiary/aromatic N) is 2. The Kier molecular flexibility index (Phi) is 7.01. The van der Waals surface area contributed by atoms with Gasteiger partial charge >= 0.3 is 0 Å². The summed E-state index contributed by atoms with van der Waals surface area (Å²) in [4.78, 5) is 19.0. The van der Waals surface area contributed by atoms with Gasteiger partial charge in [0.25, 0.3) is 5.91 Å². The number of rotatable bonds is 8. The monoisotopic (exact) mass is 370 g/mol. The molecule has 0 bridgehead atoms. The Balaban J connectivity index is 1.42. The number of nitrogens with one attached hydrogen (secondary N) is 2. The van der Waals surface area contributed by atoms with E-state index in [4.69, 9.17) is 4.74 Å². The van der Waals surface area contributed by atoms with Gasteiger partial charge < -0.3 is 20.5 Å². The number of carbonyl (C=O) groups excluding carboxylic acids is 1. The van der Waals surface area contributed by atoms with Gasteiger partial charge in [-0.1, -0.05) is 12.1 Å². The standard InChI is InChI=1S/C20H26N4O3/c25-18-3-1-16(2-4-18)5-7-23-20(26)17-6-8-21-19(15-17)22-9-10-24-11-13-27-14-12-24/h1-4,6,8,15,25H,5,7,9-14H2,(H,21,22)(H,23,26). The van der Waals surface area contributed by atoms with Crippen LogP contribution in [0.3, 0.4) is 0 Å². The molecule has 144 valence electrons. The van der Waals surface area contributed by atoms with Crippen LogP contribution in [-0.4, -0.2) is 66.8 Å². The molecule has 1 amide bonds. The highest BCUT2D eigenvalue weighted by molar-refractivity contribution is 5.94. The molecule has 1 aromatic carbocycles. The second-order valence-corrected chi connectivity index (χ2v) is 6.48. The van der Waals surface area contributed by atoms with Gasteiger partial charge in [-0.15, -0.1) is 0 Å². The lowest BCUT2D eigenvalue weighted by molar-refractivity contribution is 0.0398. The van der Waals surface area contributed by atoms with Gasteiger partial charge in [0.2, 0.25) is 0 Å². The number of ether oxygens (including phenoxy) is 1. The van der Waals surface area contributed by atoms with Crippen LogP contribution in [0.4, 0.5) is 5.82 Å². The molecule has 1 fully saturated rings. The molecule has 7 heteroatoms. The average Bonchev–Trinajstić information content (AvgIpc) is 2.70. The first-order valence-electron chi connectivity index (χ1n) is 9.27. The lowest BCUT2D eigenvalue weighted by Crippen LogP contribution is -2.39. The third-order valence-electron chi connectivity index (χ3n) is 4.50. The van der Waals surface area contributed by atoms with E-state index in [1.165, 1.54) is 0 Å². The number of phenols is 1. The van der Waals surface area contributed by atoms with Crippen LogP contribution in [0.2, 0.25) is 0 Å². The van der Waals surface area contributed by atoms with Crippen LogP contribution in [-0.2, 0) is 11.2 Å². The first kappa shape index (κ1) is 19.1. The topological polar surface area (TPSA) is 86.7 Å². The summed E-state index contributed by atoms with van der Waals surface area (Å²) in [6.07, 6.45) is 2.35. The molecular formula is C20H26N4O3. The highest BCUT2D eigenvalue weighted by Gasteiger charge is 2.10. The zero-order chi connectivity index (χ0) is 18.9. The normalized spacial score (nSPS) is 14.7. The fraction of sp³-hybridized carbons (Fsp3) is 0.400. The number of aromatic hydroxyl groups is 1. The van der Waals surface area contributed by atoms with Gasteiger partial charge in [-0.3, -0.25) is 9.69 Å². The molecule has 0 unspecified atom stereocenters. The van der Waals surface area contributed by atoms with Crippen LogP contribution in [0.1, 0.15) is 15.9 Å². The molecule has 0 radical (unpaired) electrons. The number of aromatic nitrogens is 1. The molecule has 3 rings (SSSR count). The van der Waals surface area contributed by atoms with Crippen LogP contribution >= 0.6 is 0 Å². The Labute approximate surface area is 159 Å². The summed E-state index contributed by atoms with van der Waals surface area (Å²) in [5.74, 6) is 0.829. The summed E-state index contributed by atoms with van der Waals surface area (Å²) >= 11 is 0. The number of hydrogen-bond acceptors (Lipinski definition) is 6. The van der Waals surface area contributed by atoms with E-state index >= 15 is 0 Å². The van der Waals surface area contributed by atoms with Crippen molar-refractivity contribution in [1.82, 2.24) is 15.2 Å². The minimum atomic E-state index is -0.118. The second-order valence-electron chi connectivity index (χ2n) is 6.48. The lowest BCUT2D eigenvalue weighted by atomic mass is 10.1. The fourth-order valence-corrected chi connectivity index (χ4v) is 2.92. The molecule has 7 nitrogen and oxygen atoms in total. The van der Waals surface area contributed by atoms with Crippen LogP contribution in [0.15, 0.2) is 42.6 Å². The minimum absolute atomic E-state index is 0.118. The summed E-state index contributed by atoms with van der Waals surface area (Å²) in [6, 6.07) is 10.5. The highest BCUT2D eigenvalue weighted by Crippen LogP contribution is 2.10. The first-order chi connectivity index (χ1) is 13.2. The van der Waals surface area contributed by atoms with E-state index in [1.807, 2.05) is 12.1 Å². The van der Waals surface area contributed by atoms with E-state index in [9.17, 15) is 9.90 Å². The van der Waals surface area contributed by atoms with Crippen molar-refractivity contribution in [2.45, 2.75) is 6.42 Å². The van der Waals surface area contributed by atoms with Crippen LogP contribution in [0.25, 0.3) is 0 Å². The molecule has 3 N–H and O–H groups in total. The van der Waals surface area contributed by atoms with Crippen molar-refractivity contribution in [3.63, 3.8) is 0 Å². The van der Waals surface area contributed by atoms with Gasteiger partial charge in [-0.2, -0.15) is 0 Å². The van der Waals surface area contributed by atoms with Gasteiger partial charge in [0.05, 0.1) is 13.2 Å². The van der Waals surface area contributed by atoms with Crippen LogP contribution in [0.5, 0.6) is 5.75 Å². The van der Waals surface area contributed by atoms with Crippen molar-refractivity contribution in [3.05, 3.63) is 53.7 Å². The quantitative estimate of drug-likeness (QED) is 0.653. The van der Waals surface area contributed by atoms with Crippen molar-refractivity contribution in [2.24, 2.45) is 0 Å². The van der Waals surface area contributed by atoms with Gasteiger partial charge in [0.15, 0.2) is 0 Å². The van der Waals surface area contributed by atoms with Gasteiger partial charge in [0.1, 0.15) is 11.6 Å². The number of benzene rings is 1. The molecule has 2 aromatic rings. The molecule has 0 spiro atoms. The number of morpholine rings is 1. The summed E-state index contributed by atoms with van der Waals surface area (Å²) in [5, 5.41) is 15.5. The summed E-state index contributed by atoms with van der Waals surface area (Å²) in [6.45, 7) is 5.73. The molecule has 1 saturated heterocycles. The Morgan fingerprint density at radius 2 is 1.93 bits per heavy atom. The van der Waals surface area contributed by atoms with Gasteiger partial charge in [0, 0.05) is 44.5 Å². The van der Waals surface area contributed by atoms with E-state index in [2.05, 4.69) is 20.5 Å². The predicted molar refractivity (Wildman–Crippen MR) is 104 cm³/mol. The van der Waals surface area contributed by atoms with E-state index in [0.717, 1.165) is 45.0 Å². The first-order valence-corrected chi connectivity index (χ1v) is 9.27. The highest BCUT2D eigenvalue weighted by atomic mass is 16.5. The Bertz CT molecular complexity index is 730. The number of phenolic OH excluding ortho intramolecular Hbond substituents is 1. The smallest absolute Gasteiger partial charge is 0.251 e. The molecule has 2 heterocycles. The third-order valence-corrected chi connectivity index (χ3v) is 4.50. The van der Waals surface area contributed by atoms with Crippen LogP contribution < -0.4 is 10.6 Å². The van der Waals surface area contributed by atoms with E-state index in [1.54, 1.807) is 30.5 Å². The number of carbonyl (C=O) groups is 1. The van der Waals surface area contributed by atoms with Crippen molar-refractivity contribution < 1.29 is 14.6 Å². The van der Waals surface area contributed by atoms with Gasteiger partial charge in [-0.05, 0) is 36.2 Å². The van der Waals surface area contributed by atoms with Crippen molar-refractivity contribution in [1.29, 1.82) is 0 Å². The number of amides is 1. The molecule has 0 saturated carbocycles.